The van der Waals surface area contributed by atoms with E-state index >= 15 is 0 Å². The molecule has 10 nitrogen and oxygen atoms in total. The van der Waals surface area contributed by atoms with Crippen LogP contribution in [-0.2, 0) is 9.53 Å². The van der Waals surface area contributed by atoms with Gasteiger partial charge in [0, 0.05) is 11.6 Å². The molecular weight excluding hydrogens is 454 g/mol. The Hall–Kier alpha value is -3.81. The topological polar surface area (TPSA) is 164 Å². The van der Waals surface area contributed by atoms with Crippen molar-refractivity contribution < 1.29 is 34.0 Å². The molecule has 0 aromatic heterocycles. The fourth-order valence-corrected chi connectivity index (χ4v) is 3.27. The number of nitriles is 1. The van der Waals surface area contributed by atoms with Crippen molar-refractivity contribution in [2.24, 2.45) is 5.73 Å². The lowest BCUT2D eigenvalue weighted by molar-refractivity contribution is -0.144. The van der Waals surface area contributed by atoms with E-state index in [9.17, 15) is 25.1 Å². The summed E-state index contributed by atoms with van der Waals surface area (Å²) in [7, 11) is 0. The minimum absolute atomic E-state index is 0.0707. The van der Waals surface area contributed by atoms with Crippen LogP contribution in [0.1, 0.15) is 43.1 Å². The number of carbonyl (C=O) groups excluding carboxylic acids is 2. The van der Waals surface area contributed by atoms with Crippen molar-refractivity contribution in [2.75, 3.05) is 19.8 Å². The first-order valence-electron chi connectivity index (χ1n) is 11.0. The molecule has 0 aliphatic carbocycles. The van der Waals surface area contributed by atoms with Gasteiger partial charge in [-0.15, -0.1) is 0 Å². The largest absolute Gasteiger partial charge is 0.507 e. The zero-order valence-corrected chi connectivity index (χ0v) is 20.0. The highest BCUT2D eigenvalue weighted by molar-refractivity contribution is 5.95. The molecule has 0 saturated carbocycles. The maximum atomic E-state index is 12.2. The number of nitrogens with one attached hydrogen (secondary N) is 1. The van der Waals surface area contributed by atoms with E-state index in [0.717, 1.165) is 0 Å². The number of aromatic hydroxyl groups is 1. The number of amides is 1. The maximum Gasteiger partial charge on any atom is 0.307 e. The molecule has 0 aliphatic heterocycles. The van der Waals surface area contributed by atoms with Crippen LogP contribution in [0.25, 0.3) is 0 Å². The summed E-state index contributed by atoms with van der Waals surface area (Å²) in [5.41, 5.74) is 4.76. The number of nitrogens with zero attached hydrogens (tertiary/aromatic N) is 1. The summed E-state index contributed by atoms with van der Waals surface area (Å²) in [5.74, 6) is -0.906. The molecule has 0 saturated heterocycles. The van der Waals surface area contributed by atoms with E-state index in [4.69, 9.17) is 19.9 Å². The smallest absolute Gasteiger partial charge is 0.307 e. The standard InChI is InChI=1S/C25H31N3O7/c1-4-33-23(31)12-19(21(30)14-34-22-8-6-5-7-16(22)13-26)28-25(2,3)15-35-17-9-10-20(29)18(11-17)24(27)32/h5-11,19,21,28-30H,4,12,14-15H2,1-3H3,(H2,27,32). The number of aliphatic hydroxyl groups is 1. The fraction of sp³-hybridized carbons (Fsp3) is 0.400. The van der Waals surface area contributed by atoms with E-state index in [1.54, 1.807) is 45.0 Å². The van der Waals surface area contributed by atoms with Gasteiger partial charge in [-0.2, -0.15) is 5.26 Å². The van der Waals surface area contributed by atoms with E-state index in [0.29, 0.717) is 17.1 Å². The summed E-state index contributed by atoms with van der Waals surface area (Å²) >= 11 is 0. The molecule has 0 fully saturated rings. The third-order valence-electron chi connectivity index (χ3n) is 4.98. The van der Waals surface area contributed by atoms with Crippen LogP contribution in [0.15, 0.2) is 42.5 Å². The van der Waals surface area contributed by atoms with Crippen molar-refractivity contribution in [1.29, 1.82) is 5.26 Å². The molecule has 0 bridgehead atoms. The first kappa shape index (κ1) is 27.4. The molecular formula is C25H31N3O7. The molecule has 188 valence electrons. The maximum absolute atomic E-state index is 12.2. The molecule has 2 aromatic carbocycles. The highest BCUT2D eigenvalue weighted by atomic mass is 16.5. The molecule has 5 N–H and O–H groups in total. The molecule has 2 atom stereocenters. The Kier molecular flexibility index (Phi) is 9.87. The van der Waals surface area contributed by atoms with E-state index in [-0.39, 0.29) is 37.6 Å². The molecule has 2 rings (SSSR count). The van der Waals surface area contributed by atoms with Crippen LogP contribution in [0.3, 0.4) is 0 Å². The Morgan fingerprint density at radius 3 is 2.57 bits per heavy atom. The molecule has 10 heteroatoms. The molecule has 35 heavy (non-hydrogen) atoms. The third-order valence-corrected chi connectivity index (χ3v) is 4.98. The number of carbonyl (C=O) groups is 2. The van der Waals surface area contributed by atoms with Gasteiger partial charge in [0.25, 0.3) is 5.91 Å². The van der Waals surface area contributed by atoms with Gasteiger partial charge in [-0.3, -0.25) is 9.59 Å². The zero-order chi connectivity index (χ0) is 26.0. The summed E-state index contributed by atoms with van der Waals surface area (Å²) in [6.07, 6.45) is -1.26. The van der Waals surface area contributed by atoms with Gasteiger partial charge >= 0.3 is 5.97 Å². The number of ether oxygens (including phenoxy) is 3. The van der Waals surface area contributed by atoms with Gasteiger partial charge in [0.2, 0.25) is 0 Å². The van der Waals surface area contributed by atoms with Gasteiger partial charge in [0.1, 0.15) is 42.6 Å². The second kappa shape index (κ2) is 12.6. The van der Waals surface area contributed by atoms with Crippen LogP contribution >= 0.6 is 0 Å². The number of primary amides is 1. The molecule has 0 aliphatic rings. The molecule has 0 heterocycles. The number of hydrogen-bond donors (Lipinski definition) is 4. The number of aliphatic hydroxyl groups excluding tert-OH is 1. The summed E-state index contributed by atoms with van der Waals surface area (Å²) in [4.78, 5) is 23.6. The Morgan fingerprint density at radius 2 is 1.91 bits per heavy atom. The second-order valence-corrected chi connectivity index (χ2v) is 8.46. The highest BCUT2D eigenvalue weighted by Crippen LogP contribution is 2.24. The molecule has 1 amide bonds. The van der Waals surface area contributed by atoms with Crippen LogP contribution in [0.4, 0.5) is 0 Å². The van der Waals surface area contributed by atoms with Gasteiger partial charge in [-0.1, -0.05) is 12.1 Å². The highest BCUT2D eigenvalue weighted by Gasteiger charge is 2.30. The number of para-hydroxylation sites is 1. The van der Waals surface area contributed by atoms with Crippen molar-refractivity contribution in [3.63, 3.8) is 0 Å². The predicted molar refractivity (Wildman–Crippen MR) is 127 cm³/mol. The van der Waals surface area contributed by atoms with E-state index in [1.165, 1.54) is 18.2 Å². The number of esters is 1. The van der Waals surface area contributed by atoms with E-state index in [1.807, 2.05) is 6.07 Å². The monoisotopic (exact) mass is 485 g/mol. The molecule has 0 radical (unpaired) electrons. The second-order valence-electron chi connectivity index (χ2n) is 8.46. The first-order valence-corrected chi connectivity index (χ1v) is 11.0. The van der Waals surface area contributed by atoms with Gasteiger partial charge in [0.15, 0.2) is 0 Å². The quantitative estimate of drug-likeness (QED) is 0.310. The molecule has 2 unspecified atom stereocenters. The van der Waals surface area contributed by atoms with Crippen LogP contribution in [-0.4, -0.2) is 59.6 Å². The van der Waals surface area contributed by atoms with Gasteiger partial charge < -0.3 is 35.5 Å². The van der Waals surface area contributed by atoms with Crippen molar-refractivity contribution >= 4 is 11.9 Å². The Labute approximate surface area is 204 Å². The predicted octanol–water partition coefficient (Wildman–Crippen LogP) is 1.87. The van der Waals surface area contributed by atoms with Crippen LogP contribution in [0.2, 0.25) is 0 Å². The number of phenols is 1. The average molecular weight is 486 g/mol. The average Bonchev–Trinajstić information content (AvgIpc) is 2.81. The lowest BCUT2D eigenvalue weighted by Gasteiger charge is -2.34. The minimum Gasteiger partial charge on any atom is -0.507 e. The number of benzene rings is 2. The zero-order valence-electron chi connectivity index (χ0n) is 20.0. The lowest BCUT2D eigenvalue weighted by atomic mass is 10.0. The van der Waals surface area contributed by atoms with Crippen molar-refractivity contribution in [2.45, 2.75) is 44.9 Å². The fourth-order valence-electron chi connectivity index (χ4n) is 3.27. The van der Waals surface area contributed by atoms with Gasteiger partial charge in [-0.25, -0.2) is 0 Å². The van der Waals surface area contributed by atoms with Crippen LogP contribution in [0.5, 0.6) is 17.2 Å². The number of rotatable bonds is 13. The summed E-state index contributed by atoms with van der Waals surface area (Å²) in [5, 5.41) is 33.0. The summed E-state index contributed by atoms with van der Waals surface area (Å²) in [6, 6.07) is 12.0. The van der Waals surface area contributed by atoms with Crippen LogP contribution in [0, 0.1) is 11.3 Å². The lowest BCUT2D eigenvalue weighted by Crippen LogP contribution is -2.55. The molecule has 2 aromatic rings. The Balaban J connectivity index is 2.09. The Morgan fingerprint density at radius 1 is 1.20 bits per heavy atom. The van der Waals surface area contributed by atoms with Gasteiger partial charge in [-0.05, 0) is 51.1 Å². The Bertz CT molecular complexity index is 1070. The van der Waals surface area contributed by atoms with Crippen LogP contribution < -0.4 is 20.5 Å². The summed E-state index contributed by atoms with van der Waals surface area (Å²) < 4.78 is 16.4. The van der Waals surface area contributed by atoms with E-state index < -0.39 is 29.6 Å². The van der Waals surface area contributed by atoms with Crippen molar-refractivity contribution in [3.05, 3.63) is 53.6 Å². The van der Waals surface area contributed by atoms with E-state index in [2.05, 4.69) is 5.32 Å². The van der Waals surface area contributed by atoms with Crippen molar-refractivity contribution in [1.82, 2.24) is 5.32 Å². The third kappa shape index (κ3) is 8.48. The minimum atomic E-state index is -1.12. The first-order chi connectivity index (χ1) is 16.6. The normalized spacial score (nSPS) is 12.8. The molecule has 0 spiro atoms. The number of hydrogen-bond acceptors (Lipinski definition) is 9. The van der Waals surface area contributed by atoms with Crippen molar-refractivity contribution in [3.8, 4) is 23.3 Å². The van der Waals surface area contributed by atoms with Gasteiger partial charge in [0.05, 0.1) is 24.2 Å². The number of nitrogens with two attached hydrogens (primary N) is 1. The SMILES string of the molecule is CCOC(=O)CC(NC(C)(C)COc1ccc(O)c(C(N)=O)c1)C(O)COc1ccccc1C#N. The summed E-state index contributed by atoms with van der Waals surface area (Å²) in [6.45, 7) is 5.41.